The second kappa shape index (κ2) is 2.09. The van der Waals surface area contributed by atoms with Crippen LogP contribution in [0.3, 0.4) is 0 Å². The van der Waals surface area contributed by atoms with Gasteiger partial charge in [-0.15, -0.1) is 0 Å². The molecule has 0 amide bonds. The molecule has 1 radical (unpaired) electrons. The Morgan fingerprint density at radius 1 is 1.20 bits per heavy atom. The summed E-state index contributed by atoms with van der Waals surface area (Å²) in [6, 6.07) is 5.84. The van der Waals surface area contributed by atoms with E-state index in [1.165, 1.54) is 0 Å². The summed E-state index contributed by atoms with van der Waals surface area (Å²) in [4.78, 5) is 4.03. The first kappa shape index (κ1) is 5.92. The molecular formula is C7H4BrN2. The van der Waals surface area contributed by atoms with Gasteiger partial charge in [0.15, 0.2) is 0 Å². The minimum absolute atomic E-state index is 0.939. The van der Waals surface area contributed by atoms with Crippen LogP contribution in [-0.2, 0) is 0 Å². The lowest BCUT2D eigenvalue weighted by molar-refractivity contribution is 1.35. The summed E-state index contributed by atoms with van der Waals surface area (Å²) in [7, 11) is 0. The van der Waals surface area contributed by atoms with Gasteiger partial charge in [0, 0.05) is 4.47 Å². The van der Waals surface area contributed by atoms with Crippen LogP contribution in [0.15, 0.2) is 27.7 Å². The molecule has 2 nitrogen and oxygen atoms in total. The van der Waals surface area contributed by atoms with E-state index in [0.717, 1.165) is 15.8 Å². The van der Waals surface area contributed by atoms with Crippen LogP contribution in [0.5, 0.6) is 0 Å². The van der Waals surface area contributed by atoms with Gasteiger partial charge in [0.25, 0.3) is 0 Å². The molecule has 0 fully saturated rings. The van der Waals surface area contributed by atoms with Crippen molar-refractivity contribution in [3.8, 4) is 0 Å². The smallest absolute Gasteiger partial charge is 0.116 e. The van der Waals surface area contributed by atoms with E-state index < -0.39 is 0 Å². The van der Waals surface area contributed by atoms with Gasteiger partial charge in [0.05, 0.1) is 11.4 Å². The molecule has 49 valence electrons. The van der Waals surface area contributed by atoms with Crippen molar-refractivity contribution in [2.24, 2.45) is 4.99 Å². The molecule has 1 aliphatic rings. The molecule has 0 spiro atoms. The largest absolute Gasteiger partial charge is 0.235 e. The van der Waals surface area contributed by atoms with Crippen molar-refractivity contribution in [1.82, 2.24) is 5.32 Å². The quantitative estimate of drug-likeness (QED) is 0.608. The van der Waals surface area contributed by atoms with Crippen molar-refractivity contribution < 1.29 is 0 Å². The summed E-state index contributed by atoms with van der Waals surface area (Å²) in [5.74, 6) is 0. The monoisotopic (exact) mass is 195 g/mol. The van der Waals surface area contributed by atoms with Gasteiger partial charge >= 0.3 is 0 Å². The van der Waals surface area contributed by atoms with E-state index in [-0.39, 0.29) is 0 Å². The Labute approximate surface area is 67.1 Å². The van der Waals surface area contributed by atoms with E-state index in [4.69, 9.17) is 0 Å². The number of halogens is 1. The maximum Gasteiger partial charge on any atom is 0.116 e. The molecule has 2 rings (SSSR count). The van der Waals surface area contributed by atoms with Crippen LogP contribution in [0.4, 0.5) is 11.4 Å². The lowest BCUT2D eigenvalue weighted by Gasteiger charge is -1.94. The summed E-state index contributed by atoms with van der Waals surface area (Å²) in [5, 5.41) is 4.04. The fourth-order valence-corrected chi connectivity index (χ4v) is 1.21. The van der Waals surface area contributed by atoms with E-state index >= 15 is 0 Å². The minimum Gasteiger partial charge on any atom is -0.235 e. The summed E-state index contributed by atoms with van der Waals surface area (Å²) >= 11 is 3.35. The third-order valence-corrected chi connectivity index (χ3v) is 1.82. The van der Waals surface area contributed by atoms with E-state index in [1.807, 2.05) is 18.2 Å². The topological polar surface area (TPSA) is 26.5 Å². The van der Waals surface area contributed by atoms with Gasteiger partial charge in [-0.3, -0.25) is 0 Å². The number of rotatable bonds is 0. The molecule has 0 saturated carbocycles. The van der Waals surface area contributed by atoms with Gasteiger partial charge in [-0.1, -0.05) is 15.9 Å². The van der Waals surface area contributed by atoms with Crippen LogP contribution < -0.4 is 5.32 Å². The molecule has 0 aromatic heterocycles. The van der Waals surface area contributed by atoms with Crippen LogP contribution >= 0.6 is 15.9 Å². The SMILES string of the molecule is Brc1ccc2c(c1)[N]C=N2. The first-order valence-electron chi connectivity index (χ1n) is 2.89. The average Bonchev–Trinajstić information content (AvgIpc) is 2.33. The van der Waals surface area contributed by atoms with Crippen LogP contribution in [0, 0.1) is 0 Å². The minimum atomic E-state index is 0.939. The van der Waals surface area contributed by atoms with Crippen LogP contribution in [0.1, 0.15) is 0 Å². The van der Waals surface area contributed by atoms with Crippen molar-refractivity contribution in [2.75, 3.05) is 0 Å². The predicted octanol–water partition coefficient (Wildman–Crippen LogP) is 2.36. The van der Waals surface area contributed by atoms with Crippen LogP contribution in [-0.4, -0.2) is 6.34 Å². The van der Waals surface area contributed by atoms with Crippen LogP contribution in [0.2, 0.25) is 0 Å². The molecular weight excluding hydrogens is 192 g/mol. The fourth-order valence-electron chi connectivity index (χ4n) is 0.862. The van der Waals surface area contributed by atoms with Gasteiger partial charge in [0.2, 0.25) is 0 Å². The second-order valence-corrected chi connectivity index (χ2v) is 2.92. The molecule has 0 aliphatic carbocycles. The zero-order chi connectivity index (χ0) is 6.97. The number of hydrogen-bond donors (Lipinski definition) is 0. The number of benzene rings is 1. The Bertz CT molecular complexity index is 294. The molecule has 0 bridgehead atoms. The highest BCUT2D eigenvalue weighted by Crippen LogP contribution is 2.30. The Kier molecular flexibility index (Phi) is 1.24. The lowest BCUT2D eigenvalue weighted by Crippen LogP contribution is -1.84. The van der Waals surface area contributed by atoms with Gasteiger partial charge in [-0.05, 0) is 18.2 Å². The number of aliphatic imine (C=N–C) groups is 1. The number of fused-ring (bicyclic) bond motifs is 1. The Morgan fingerprint density at radius 3 is 3.00 bits per heavy atom. The zero-order valence-corrected chi connectivity index (χ0v) is 6.67. The third-order valence-electron chi connectivity index (χ3n) is 1.33. The van der Waals surface area contributed by atoms with E-state index in [2.05, 4.69) is 26.2 Å². The van der Waals surface area contributed by atoms with Gasteiger partial charge < -0.3 is 0 Å². The van der Waals surface area contributed by atoms with E-state index in [9.17, 15) is 0 Å². The molecule has 1 aliphatic heterocycles. The second-order valence-electron chi connectivity index (χ2n) is 2.01. The maximum atomic E-state index is 4.04. The Hall–Kier alpha value is -0.830. The molecule has 0 saturated heterocycles. The van der Waals surface area contributed by atoms with Crippen molar-refractivity contribution in [3.05, 3.63) is 22.7 Å². The highest BCUT2D eigenvalue weighted by atomic mass is 79.9. The Balaban J connectivity index is 2.59. The first-order valence-corrected chi connectivity index (χ1v) is 3.68. The summed E-state index contributed by atoms with van der Waals surface area (Å²) in [6.45, 7) is 0. The summed E-state index contributed by atoms with van der Waals surface area (Å²) < 4.78 is 1.04. The molecule has 0 unspecified atom stereocenters. The molecule has 10 heavy (non-hydrogen) atoms. The fraction of sp³-hybridized carbons (Fsp3) is 0. The van der Waals surface area contributed by atoms with Gasteiger partial charge in [-0.25, -0.2) is 10.3 Å². The number of nitrogens with zero attached hydrogens (tertiary/aromatic N) is 2. The average molecular weight is 196 g/mol. The van der Waals surface area contributed by atoms with Crippen LogP contribution in [0.25, 0.3) is 0 Å². The normalized spacial score (nSPS) is 12.9. The Morgan fingerprint density at radius 2 is 2.10 bits per heavy atom. The molecule has 1 heterocycles. The van der Waals surface area contributed by atoms with Gasteiger partial charge in [-0.2, -0.15) is 0 Å². The molecule has 0 atom stereocenters. The summed E-state index contributed by atoms with van der Waals surface area (Å²) in [6.07, 6.45) is 1.57. The van der Waals surface area contributed by atoms with Crippen molar-refractivity contribution in [2.45, 2.75) is 0 Å². The molecule has 3 heteroatoms. The summed E-state index contributed by atoms with van der Waals surface area (Å²) in [5.41, 5.74) is 1.89. The first-order chi connectivity index (χ1) is 4.86. The van der Waals surface area contributed by atoms with E-state index in [0.29, 0.717) is 0 Å². The molecule has 1 aromatic carbocycles. The zero-order valence-electron chi connectivity index (χ0n) is 5.08. The maximum absolute atomic E-state index is 4.04. The standard InChI is InChI=1S/C7H4BrN2/c8-5-1-2-6-7(3-5)10-4-9-6/h1-4H. The predicted molar refractivity (Wildman–Crippen MR) is 44.1 cm³/mol. The van der Waals surface area contributed by atoms with Crippen molar-refractivity contribution in [1.29, 1.82) is 0 Å². The molecule has 1 aromatic rings. The van der Waals surface area contributed by atoms with E-state index in [1.54, 1.807) is 6.34 Å². The lowest BCUT2D eigenvalue weighted by atomic mass is 10.3. The highest BCUT2D eigenvalue weighted by molar-refractivity contribution is 9.10. The highest BCUT2D eigenvalue weighted by Gasteiger charge is 2.05. The third kappa shape index (κ3) is 0.827. The van der Waals surface area contributed by atoms with Gasteiger partial charge in [0.1, 0.15) is 6.34 Å². The van der Waals surface area contributed by atoms with Crippen molar-refractivity contribution >= 4 is 33.6 Å². The number of hydrogen-bond acceptors (Lipinski definition) is 1. The molecule has 0 N–H and O–H groups in total. The van der Waals surface area contributed by atoms with Crippen molar-refractivity contribution in [3.63, 3.8) is 0 Å².